The van der Waals surface area contributed by atoms with E-state index in [-0.39, 0.29) is 10.6 Å². The van der Waals surface area contributed by atoms with Crippen LogP contribution in [0.3, 0.4) is 0 Å². The Labute approximate surface area is 116 Å². The molecule has 0 saturated carbocycles. The molecule has 0 saturated heterocycles. The molecule has 6 nitrogen and oxygen atoms in total. The van der Waals surface area contributed by atoms with E-state index < -0.39 is 0 Å². The summed E-state index contributed by atoms with van der Waals surface area (Å²) in [6.45, 7) is 0.665. The van der Waals surface area contributed by atoms with E-state index in [0.29, 0.717) is 21.7 Å². The lowest BCUT2D eigenvalue weighted by Crippen LogP contribution is -2.01. The van der Waals surface area contributed by atoms with E-state index in [1.165, 1.54) is 24.2 Å². The molecule has 1 heterocycles. The predicted octanol–water partition coefficient (Wildman–Crippen LogP) is 2.74. The maximum absolute atomic E-state index is 10.9. The largest absolute Gasteiger partial charge is 0.284 e. The fourth-order valence-electron chi connectivity index (χ4n) is 1.35. The first kappa shape index (κ1) is 13.0. The average molecular weight is 329 g/mol. The fourth-order valence-corrected chi connectivity index (χ4v) is 2.65. The smallest absolute Gasteiger partial charge is 0.258 e. The highest BCUT2D eigenvalue weighted by Gasteiger charge is 2.14. The molecule has 0 unspecified atom stereocenters. The molecule has 0 aliphatic rings. The van der Waals surface area contributed by atoms with Crippen LogP contribution in [-0.2, 0) is 6.54 Å². The van der Waals surface area contributed by atoms with Crippen molar-refractivity contribution in [2.24, 2.45) is 0 Å². The summed E-state index contributed by atoms with van der Waals surface area (Å²) in [5.74, 6) is 0.700. The number of rotatable bonds is 5. The zero-order chi connectivity index (χ0) is 13.0. The molecule has 0 aliphatic heterocycles. The molecule has 0 atom stereocenters. The third kappa shape index (κ3) is 3.30. The number of aryl methyl sites for hydroxylation is 1. The van der Waals surface area contributed by atoms with Crippen LogP contribution >= 0.6 is 27.7 Å². The van der Waals surface area contributed by atoms with E-state index in [2.05, 4.69) is 26.0 Å². The van der Waals surface area contributed by atoms with Gasteiger partial charge in [-0.2, -0.15) is 5.10 Å². The summed E-state index contributed by atoms with van der Waals surface area (Å²) >= 11 is 4.66. The molecule has 0 fully saturated rings. The van der Waals surface area contributed by atoms with Crippen molar-refractivity contribution in [3.63, 3.8) is 0 Å². The summed E-state index contributed by atoms with van der Waals surface area (Å²) in [7, 11) is 0. The van der Waals surface area contributed by atoms with Crippen LogP contribution in [0.15, 0.2) is 40.2 Å². The Hall–Kier alpha value is -1.41. The molecule has 8 heteroatoms. The molecular formula is C10H9BrN4O2S. The van der Waals surface area contributed by atoms with E-state index in [4.69, 9.17) is 0 Å². The van der Waals surface area contributed by atoms with Gasteiger partial charge in [0.2, 0.25) is 0 Å². The topological polar surface area (TPSA) is 73.8 Å². The molecule has 0 spiro atoms. The van der Waals surface area contributed by atoms with Crippen LogP contribution < -0.4 is 0 Å². The van der Waals surface area contributed by atoms with Crippen LogP contribution in [0.2, 0.25) is 0 Å². The van der Waals surface area contributed by atoms with Crippen molar-refractivity contribution >= 4 is 33.4 Å². The van der Waals surface area contributed by atoms with Gasteiger partial charge in [-0.3, -0.25) is 14.8 Å². The van der Waals surface area contributed by atoms with E-state index in [0.717, 1.165) is 0 Å². The Morgan fingerprint density at radius 2 is 2.33 bits per heavy atom. The number of nitro benzene ring substituents is 1. The molecule has 1 aromatic heterocycles. The molecular weight excluding hydrogens is 320 g/mol. The minimum absolute atomic E-state index is 0.118. The van der Waals surface area contributed by atoms with Crippen molar-refractivity contribution in [1.82, 2.24) is 14.8 Å². The molecule has 18 heavy (non-hydrogen) atoms. The highest BCUT2D eigenvalue weighted by molar-refractivity contribution is 9.10. The predicted molar refractivity (Wildman–Crippen MR) is 71.5 cm³/mol. The number of thioether (sulfide) groups is 1. The molecule has 1 aromatic carbocycles. The van der Waals surface area contributed by atoms with Gasteiger partial charge in [-0.1, -0.05) is 15.9 Å². The van der Waals surface area contributed by atoms with Crippen LogP contribution in [-0.4, -0.2) is 25.4 Å². The van der Waals surface area contributed by atoms with Gasteiger partial charge in [0.1, 0.15) is 12.7 Å². The van der Waals surface area contributed by atoms with Gasteiger partial charge in [0.05, 0.1) is 16.4 Å². The molecule has 0 amide bonds. The molecule has 0 aliphatic carbocycles. The quantitative estimate of drug-likeness (QED) is 0.479. The molecule has 2 aromatic rings. The Morgan fingerprint density at radius 3 is 3.00 bits per heavy atom. The van der Waals surface area contributed by atoms with Gasteiger partial charge in [0.25, 0.3) is 5.69 Å². The van der Waals surface area contributed by atoms with Crippen LogP contribution in [0.4, 0.5) is 5.69 Å². The highest BCUT2D eigenvalue weighted by atomic mass is 79.9. The normalized spacial score (nSPS) is 10.5. The van der Waals surface area contributed by atoms with Crippen LogP contribution in [0.5, 0.6) is 0 Å². The fraction of sp³-hybridized carbons (Fsp3) is 0.200. The third-order valence-electron chi connectivity index (χ3n) is 2.16. The lowest BCUT2D eigenvalue weighted by atomic mass is 10.3. The van der Waals surface area contributed by atoms with Gasteiger partial charge in [0, 0.05) is 16.3 Å². The van der Waals surface area contributed by atoms with Crippen molar-refractivity contribution < 1.29 is 4.92 Å². The van der Waals surface area contributed by atoms with Gasteiger partial charge in [-0.15, -0.1) is 11.8 Å². The second kappa shape index (κ2) is 5.96. The summed E-state index contributed by atoms with van der Waals surface area (Å²) in [5, 5.41) is 14.9. The minimum Gasteiger partial charge on any atom is -0.258 e. The van der Waals surface area contributed by atoms with Crippen LogP contribution in [0, 0.1) is 10.1 Å². The van der Waals surface area contributed by atoms with E-state index >= 15 is 0 Å². The molecule has 0 N–H and O–H groups in total. The average Bonchev–Trinajstić information content (AvgIpc) is 2.84. The summed E-state index contributed by atoms with van der Waals surface area (Å²) in [6, 6.07) is 5.05. The first-order valence-corrected chi connectivity index (χ1v) is 6.84. The molecule has 0 radical (unpaired) electrons. The summed E-state index contributed by atoms with van der Waals surface area (Å²) < 4.78 is 2.40. The van der Waals surface area contributed by atoms with Crippen LogP contribution in [0.1, 0.15) is 0 Å². The third-order valence-corrected chi connectivity index (χ3v) is 3.70. The van der Waals surface area contributed by atoms with Crippen molar-refractivity contribution in [3.05, 3.63) is 45.4 Å². The lowest BCUT2D eigenvalue weighted by Gasteiger charge is -2.03. The van der Waals surface area contributed by atoms with Crippen molar-refractivity contribution in [3.8, 4) is 0 Å². The summed E-state index contributed by atoms with van der Waals surface area (Å²) in [4.78, 5) is 15.0. The van der Waals surface area contributed by atoms with Gasteiger partial charge < -0.3 is 0 Å². The minimum atomic E-state index is -0.372. The van der Waals surface area contributed by atoms with E-state index in [9.17, 15) is 10.1 Å². The Morgan fingerprint density at radius 1 is 1.50 bits per heavy atom. The number of benzene rings is 1. The second-order valence-corrected chi connectivity index (χ2v) is 5.43. The number of hydrogen-bond acceptors (Lipinski definition) is 5. The van der Waals surface area contributed by atoms with Gasteiger partial charge in [0.15, 0.2) is 0 Å². The Balaban J connectivity index is 2.02. The Kier molecular flexibility index (Phi) is 4.32. The number of halogens is 1. The first-order chi connectivity index (χ1) is 8.66. The van der Waals surface area contributed by atoms with Crippen molar-refractivity contribution in [2.45, 2.75) is 11.4 Å². The highest BCUT2D eigenvalue weighted by Crippen LogP contribution is 2.31. The monoisotopic (exact) mass is 328 g/mol. The van der Waals surface area contributed by atoms with Gasteiger partial charge in [-0.05, 0) is 12.1 Å². The molecule has 2 rings (SSSR count). The maximum Gasteiger partial charge on any atom is 0.284 e. The lowest BCUT2D eigenvalue weighted by molar-refractivity contribution is -0.387. The maximum atomic E-state index is 10.9. The number of hydrogen-bond donors (Lipinski definition) is 0. The molecule has 94 valence electrons. The van der Waals surface area contributed by atoms with E-state index in [1.807, 2.05) is 0 Å². The van der Waals surface area contributed by atoms with Gasteiger partial charge >= 0.3 is 0 Å². The van der Waals surface area contributed by atoms with Crippen molar-refractivity contribution in [2.75, 3.05) is 5.75 Å². The van der Waals surface area contributed by atoms with Crippen LogP contribution in [0.25, 0.3) is 0 Å². The number of nitro groups is 1. The zero-order valence-electron chi connectivity index (χ0n) is 9.19. The summed E-state index contributed by atoms with van der Waals surface area (Å²) in [5.41, 5.74) is 0.118. The first-order valence-electron chi connectivity index (χ1n) is 5.06. The molecule has 0 bridgehead atoms. The summed E-state index contributed by atoms with van der Waals surface area (Å²) in [6.07, 6.45) is 3.09. The standard InChI is InChI=1S/C10H9BrN4O2S/c11-8-1-2-10(9(5-8)15(16)17)18-4-3-14-7-12-6-13-14/h1-2,5-7H,3-4H2. The SMILES string of the molecule is O=[N+]([O-])c1cc(Br)ccc1SCCn1cncn1. The zero-order valence-corrected chi connectivity index (χ0v) is 11.6. The van der Waals surface area contributed by atoms with Gasteiger partial charge in [-0.25, -0.2) is 4.98 Å². The van der Waals surface area contributed by atoms with Crippen molar-refractivity contribution in [1.29, 1.82) is 0 Å². The second-order valence-electron chi connectivity index (χ2n) is 3.38. The number of nitrogens with zero attached hydrogens (tertiary/aromatic N) is 4. The van der Waals surface area contributed by atoms with E-state index in [1.54, 1.807) is 23.1 Å². The Bertz CT molecular complexity index is 547. The number of aromatic nitrogens is 3.